The number of carbonyl (C=O) groups excluding carboxylic acids is 1. The fourth-order valence-electron chi connectivity index (χ4n) is 1.96. The van der Waals surface area contributed by atoms with E-state index in [0.29, 0.717) is 18.7 Å². The van der Waals surface area contributed by atoms with Crippen molar-refractivity contribution < 1.29 is 4.79 Å². The zero-order chi connectivity index (χ0) is 15.2. The number of anilines is 1. The van der Waals surface area contributed by atoms with Crippen molar-refractivity contribution in [1.82, 2.24) is 10.3 Å². The summed E-state index contributed by atoms with van der Waals surface area (Å²) in [6.07, 6.45) is 3.31. The Balaban J connectivity index is 0.00000242. The highest BCUT2D eigenvalue weighted by Gasteiger charge is 2.07. The van der Waals surface area contributed by atoms with Gasteiger partial charge in [0.2, 0.25) is 0 Å². The molecule has 2 rings (SSSR count). The normalized spacial score (nSPS) is 9.35. The first kappa shape index (κ1) is 21.2. The van der Waals surface area contributed by atoms with Crippen molar-refractivity contribution >= 4 is 36.4 Å². The zero-order valence-corrected chi connectivity index (χ0v) is 14.8. The largest absolute Gasteiger partial charge is 0.378 e. The molecule has 23 heavy (non-hydrogen) atoms. The van der Waals surface area contributed by atoms with Crippen molar-refractivity contribution in [3.8, 4) is 11.1 Å². The fourth-order valence-corrected chi connectivity index (χ4v) is 1.96. The smallest absolute Gasteiger partial charge is 0.252 e. The van der Waals surface area contributed by atoms with E-state index in [1.54, 1.807) is 12.4 Å². The number of nitrogens with one attached hydrogen (secondary N) is 1. The van der Waals surface area contributed by atoms with Crippen LogP contribution in [0, 0.1) is 0 Å². The lowest BCUT2D eigenvalue weighted by Crippen LogP contribution is -2.29. The first-order valence-corrected chi connectivity index (χ1v) is 6.83. The van der Waals surface area contributed by atoms with E-state index in [1.165, 1.54) is 0 Å². The number of hydrogen-bond donors (Lipinski definition) is 2. The third-order valence-corrected chi connectivity index (χ3v) is 3.15. The molecule has 126 valence electrons. The van der Waals surface area contributed by atoms with E-state index in [9.17, 15) is 4.79 Å². The molecule has 5 nitrogen and oxygen atoms in total. The Bertz CT molecular complexity index is 618. The van der Waals surface area contributed by atoms with E-state index in [0.717, 1.165) is 16.8 Å². The van der Waals surface area contributed by atoms with Gasteiger partial charge in [0.05, 0.1) is 5.56 Å². The molecule has 7 heteroatoms. The van der Waals surface area contributed by atoms with Crippen LogP contribution in [0.3, 0.4) is 0 Å². The van der Waals surface area contributed by atoms with E-state index >= 15 is 0 Å². The van der Waals surface area contributed by atoms with Crippen molar-refractivity contribution in [2.45, 2.75) is 0 Å². The van der Waals surface area contributed by atoms with Crippen molar-refractivity contribution in [3.05, 3.63) is 48.3 Å². The average molecular weight is 357 g/mol. The maximum atomic E-state index is 11.9. The van der Waals surface area contributed by atoms with Gasteiger partial charge in [0.25, 0.3) is 5.91 Å². The Hall–Kier alpha value is -1.82. The van der Waals surface area contributed by atoms with Crippen LogP contribution in [-0.4, -0.2) is 38.1 Å². The van der Waals surface area contributed by atoms with Crippen molar-refractivity contribution in [3.63, 3.8) is 0 Å². The molecule has 1 aromatic carbocycles. The minimum atomic E-state index is -0.153. The molecule has 0 fully saturated rings. The van der Waals surface area contributed by atoms with Gasteiger partial charge in [0.1, 0.15) is 0 Å². The molecule has 0 spiro atoms. The maximum Gasteiger partial charge on any atom is 0.252 e. The van der Waals surface area contributed by atoms with Crippen LogP contribution in [0.5, 0.6) is 0 Å². The molecule has 0 aliphatic carbocycles. The molecular formula is C16H22Cl2N4O. The highest BCUT2D eigenvalue weighted by atomic mass is 35.5. The predicted molar refractivity (Wildman–Crippen MR) is 99.9 cm³/mol. The minimum Gasteiger partial charge on any atom is -0.378 e. The molecule has 1 amide bonds. The Morgan fingerprint density at radius 3 is 2.35 bits per heavy atom. The molecule has 2 aromatic rings. The lowest BCUT2D eigenvalue weighted by atomic mass is 10.1. The summed E-state index contributed by atoms with van der Waals surface area (Å²) in [4.78, 5) is 18.1. The average Bonchev–Trinajstić information content (AvgIpc) is 2.52. The number of pyridine rings is 1. The molecule has 0 saturated carbocycles. The summed E-state index contributed by atoms with van der Waals surface area (Å²) >= 11 is 0. The summed E-state index contributed by atoms with van der Waals surface area (Å²) in [7, 11) is 4.00. The first-order chi connectivity index (χ1) is 10.1. The number of benzene rings is 1. The Morgan fingerprint density at radius 2 is 1.78 bits per heavy atom. The van der Waals surface area contributed by atoms with E-state index in [-0.39, 0.29) is 30.7 Å². The monoisotopic (exact) mass is 356 g/mol. The Labute approximate surface area is 149 Å². The van der Waals surface area contributed by atoms with Gasteiger partial charge in [-0.2, -0.15) is 0 Å². The van der Waals surface area contributed by atoms with Crippen molar-refractivity contribution in [2.24, 2.45) is 5.73 Å². The molecule has 3 N–H and O–H groups in total. The molecular weight excluding hydrogens is 335 g/mol. The molecule has 0 bridgehead atoms. The number of halogens is 2. The summed E-state index contributed by atoms with van der Waals surface area (Å²) < 4.78 is 0. The van der Waals surface area contributed by atoms with Crippen LogP contribution in [-0.2, 0) is 0 Å². The number of hydrogen-bond acceptors (Lipinski definition) is 4. The number of amides is 1. The van der Waals surface area contributed by atoms with E-state index in [4.69, 9.17) is 5.73 Å². The van der Waals surface area contributed by atoms with Crippen molar-refractivity contribution in [1.29, 1.82) is 0 Å². The van der Waals surface area contributed by atoms with Crippen LogP contribution in [0.15, 0.2) is 42.7 Å². The summed E-state index contributed by atoms with van der Waals surface area (Å²) in [5.41, 5.74) is 8.99. The third-order valence-electron chi connectivity index (χ3n) is 3.15. The van der Waals surface area contributed by atoms with Crippen LogP contribution < -0.4 is 16.0 Å². The van der Waals surface area contributed by atoms with Gasteiger partial charge in [-0.15, -0.1) is 24.8 Å². The zero-order valence-electron chi connectivity index (χ0n) is 13.2. The molecule has 1 aromatic heterocycles. The molecule has 0 atom stereocenters. The SMILES string of the molecule is CN(C)c1ccc(-c2cncc(C(=O)NCCN)c2)cc1.Cl.Cl. The van der Waals surface area contributed by atoms with Gasteiger partial charge in [0.15, 0.2) is 0 Å². The number of aromatic nitrogens is 1. The summed E-state index contributed by atoms with van der Waals surface area (Å²) in [6, 6.07) is 9.96. The van der Waals surface area contributed by atoms with E-state index in [1.807, 2.05) is 49.3 Å². The molecule has 1 heterocycles. The fraction of sp³-hybridized carbons (Fsp3) is 0.250. The van der Waals surface area contributed by atoms with Gasteiger partial charge in [-0.3, -0.25) is 9.78 Å². The van der Waals surface area contributed by atoms with Crippen LogP contribution in [0.1, 0.15) is 10.4 Å². The van der Waals surface area contributed by atoms with Crippen LogP contribution in [0.25, 0.3) is 11.1 Å². The van der Waals surface area contributed by atoms with Gasteiger partial charge < -0.3 is 16.0 Å². The van der Waals surface area contributed by atoms with Crippen LogP contribution >= 0.6 is 24.8 Å². The lowest BCUT2D eigenvalue weighted by molar-refractivity contribution is 0.0954. The second-order valence-corrected chi connectivity index (χ2v) is 4.95. The number of carbonyl (C=O) groups is 1. The first-order valence-electron chi connectivity index (χ1n) is 6.83. The molecule has 0 saturated heterocycles. The molecule has 0 unspecified atom stereocenters. The Morgan fingerprint density at radius 1 is 1.13 bits per heavy atom. The molecule has 0 radical (unpaired) electrons. The number of rotatable bonds is 5. The predicted octanol–water partition coefficient (Wildman–Crippen LogP) is 2.35. The quantitative estimate of drug-likeness (QED) is 0.862. The maximum absolute atomic E-state index is 11.9. The van der Waals surface area contributed by atoms with Gasteiger partial charge in [-0.25, -0.2) is 0 Å². The summed E-state index contributed by atoms with van der Waals surface area (Å²) in [5.74, 6) is -0.153. The summed E-state index contributed by atoms with van der Waals surface area (Å²) in [5, 5.41) is 2.74. The van der Waals surface area contributed by atoms with E-state index < -0.39 is 0 Å². The van der Waals surface area contributed by atoms with Gasteiger partial charge in [-0.05, 0) is 23.8 Å². The van der Waals surface area contributed by atoms with Crippen LogP contribution in [0.2, 0.25) is 0 Å². The Kier molecular flexibility index (Phi) is 9.25. The lowest BCUT2D eigenvalue weighted by Gasteiger charge is -2.13. The van der Waals surface area contributed by atoms with Gasteiger partial charge >= 0.3 is 0 Å². The number of nitrogens with zero attached hydrogens (tertiary/aromatic N) is 2. The second kappa shape index (κ2) is 10.0. The minimum absolute atomic E-state index is 0. The molecule has 0 aliphatic rings. The highest BCUT2D eigenvalue weighted by molar-refractivity contribution is 5.95. The third kappa shape index (κ3) is 5.71. The standard InChI is InChI=1S/C16H20N4O.2ClH/c1-20(2)15-5-3-12(4-6-15)13-9-14(11-18-10-13)16(21)19-8-7-17;;/h3-6,9-11H,7-8,17H2,1-2H3,(H,19,21);2*1H. The molecule has 0 aliphatic heterocycles. The van der Waals surface area contributed by atoms with Gasteiger partial charge in [-0.1, -0.05) is 12.1 Å². The second-order valence-electron chi connectivity index (χ2n) is 4.95. The highest BCUT2D eigenvalue weighted by Crippen LogP contribution is 2.22. The van der Waals surface area contributed by atoms with Crippen LogP contribution in [0.4, 0.5) is 5.69 Å². The topological polar surface area (TPSA) is 71.2 Å². The number of nitrogens with two attached hydrogens (primary N) is 1. The summed E-state index contributed by atoms with van der Waals surface area (Å²) in [6.45, 7) is 0.880. The van der Waals surface area contributed by atoms with Crippen molar-refractivity contribution in [2.75, 3.05) is 32.1 Å². The van der Waals surface area contributed by atoms with Gasteiger partial charge in [0, 0.05) is 50.8 Å². The van der Waals surface area contributed by atoms with E-state index in [2.05, 4.69) is 10.3 Å².